The van der Waals surface area contributed by atoms with Crippen LogP contribution < -0.4 is 20.0 Å². The first-order chi connectivity index (χ1) is 20.6. The van der Waals surface area contributed by atoms with Gasteiger partial charge in [-0.25, -0.2) is 15.0 Å². The zero-order chi connectivity index (χ0) is 28.7. The molecule has 3 aliphatic rings. The van der Waals surface area contributed by atoms with E-state index in [2.05, 4.69) is 59.1 Å². The number of morpholine rings is 1. The van der Waals surface area contributed by atoms with Gasteiger partial charge in [-0.05, 0) is 30.5 Å². The van der Waals surface area contributed by atoms with Gasteiger partial charge in [0.15, 0.2) is 5.16 Å². The number of anilines is 5. The maximum Gasteiger partial charge on any atom is 0.236 e. The first-order valence-electron chi connectivity index (χ1n) is 14.5. The van der Waals surface area contributed by atoms with Gasteiger partial charge in [0.2, 0.25) is 5.91 Å². The fourth-order valence-electron chi connectivity index (χ4n) is 5.52. The second kappa shape index (κ2) is 13.5. The zero-order valence-electron chi connectivity index (χ0n) is 24.1. The smallest absolute Gasteiger partial charge is 0.236 e. The van der Waals surface area contributed by atoms with Crippen molar-refractivity contribution < 1.29 is 9.53 Å². The molecule has 0 radical (unpaired) electrons. The number of thioether (sulfide) groups is 1. The van der Waals surface area contributed by atoms with Crippen LogP contribution >= 0.6 is 11.8 Å². The summed E-state index contributed by atoms with van der Waals surface area (Å²) < 4.78 is 5.47. The molecule has 3 fully saturated rings. The molecule has 1 aromatic carbocycles. The minimum absolute atomic E-state index is 0.195. The number of hydrogen-bond acceptors (Lipinski definition) is 12. The van der Waals surface area contributed by atoms with Crippen molar-refractivity contribution in [3.8, 4) is 0 Å². The number of nitrogens with one attached hydrogen (secondary N) is 1. The molecule has 3 aliphatic heterocycles. The lowest BCUT2D eigenvalue weighted by Crippen LogP contribution is -2.54. The van der Waals surface area contributed by atoms with Crippen molar-refractivity contribution in [2.45, 2.75) is 5.16 Å². The van der Waals surface area contributed by atoms with Crippen molar-refractivity contribution in [1.29, 1.82) is 0 Å². The van der Waals surface area contributed by atoms with Gasteiger partial charge in [-0.3, -0.25) is 14.7 Å². The van der Waals surface area contributed by atoms with Crippen LogP contribution in [0.15, 0.2) is 54.1 Å². The Labute approximate surface area is 251 Å². The van der Waals surface area contributed by atoms with E-state index in [1.165, 1.54) is 17.4 Å². The van der Waals surface area contributed by atoms with E-state index in [1.807, 2.05) is 17.2 Å². The maximum atomic E-state index is 13.1. The molecular formula is C29H38N10O2S. The van der Waals surface area contributed by atoms with Gasteiger partial charge in [0.25, 0.3) is 0 Å². The van der Waals surface area contributed by atoms with Crippen LogP contribution in [-0.2, 0) is 9.53 Å². The number of ether oxygens (including phenoxy) is 1. The third kappa shape index (κ3) is 7.02. The van der Waals surface area contributed by atoms with Crippen molar-refractivity contribution in [2.24, 2.45) is 0 Å². The van der Waals surface area contributed by atoms with E-state index in [-0.39, 0.29) is 5.91 Å². The normalized spacial score (nSPS) is 18.3. The quantitative estimate of drug-likeness (QED) is 0.307. The van der Waals surface area contributed by atoms with Gasteiger partial charge in [-0.1, -0.05) is 11.8 Å². The van der Waals surface area contributed by atoms with E-state index >= 15 is 0 Å². The van der Waals surface area contributed by atoms with Crippen LogP contribution in [0.3, 0.4) is 0 Å². The number of amides is 1. The van der Waals surface area contributed by atoms with Crippen molar-refractivity contribution in [3.63, 3.8) is 0 Å². The van der Waals surface area contributed by atoms with E-state index in [9.17, 15) is 4.79 Å². The molecule has 0 atom stereocenters. The lowest BCUT2D eigenvalue weighted by atomic mass is 10.2. The molecule has 1 amide bonds. The molecule has 1 N–H and O–H groups in total. The summed E-state index contributed by atoms with van der Waals surface area (Å²) in [6.45, 7) is 10.1. The van der Waals surface area contributed by atoms with Crippen LogP contribution in [0.5, 0.6) is 0 Å². The molecule has 0 aliphatic carbocycles. The van der Waals surface area contributed by atoms with Gasteiger partial charge in [-0.2, -0.15) is 0 Å². The van der Waals surface area contributed by atoms with Gasteiger partial charge in [0.05, 0.1) is 26.0 Å². The summed E-state index contributed by atoms with van der Waals surface area (Å²) in [6, 6.07) is 10.5. The number of nitrogens with zero attached hydrogens (tertiary/aromatic N) is 9. The number of aromatic nitrogens is 4. The lowest BCUT2D eigenvalue weighted by molar-refractivity contribution is -0.132. The van der Waals surface area contributed by atoms with Crippen LogP contribution in [0.4, 0.5) is 28.8 Å². The molecule has 3 saturated heterocycles. The van der Waals surface area contributed by atoms with Crippen molar-refractivity contribution >= 4 is 46.5 Å². The zero-order valence-corrected chi connectivity index (χ0v) is 24.9. The van der Waals surface area contributed by atoms with Crippen LogP contribution in [0.25, 0.3) is 0 Å². The Morgan fingerprint density at radius 1 is 0.857 bits per heavy atom. The molecule has 0 spiro atoms. The van der Waals surface area contributed by atoms with E-state index in [0.29, 0.717) is 19.6 Å². The highest BCUT2D eigenvalue weighted by atomic mass is 32.2. The summed E-state index contributed by atoms with van der Waals surface area (Å²) in [5.74, 6) is 2.75. The molecule has 13 heteroatoms. The summed E-state index contributed by atoms with van der Waals surface area (Å²) in [7, 11) is 0. The summed E-state index contributed by atoms with van der Waals surface area (Å²) >= 11 is 1.54. The highest BCUT2D eigenvalue weighted by Gasteiger charge is 2.26. The van der Waals surface area contributed by atoms with E-state index in [1.54, 1.807) is 18.6 Å². The predicted molar refractivity (Wildman–Crippen MR) is 166 cm³/mol. The molecule has 42 heavy (non-hydrogen) atoms. The molecule has 5 heterocycles. The second-order valence-corrected chi connectivity index (χ2v) is 11.3. The lowest BCUT2D eigenvalue weighted by Gasteiger charge is -2.38. The van der Waals surface area contributed by atoms with Gasteiger partial charge in [-0.15, -0.1) is 0 Å². The van der Waals surface area contributed by atoms with Gasteiger partial charge in [0.1, 0.15) is 17.5 Å². The van der Waals surface area contributed by atoms with Crippen LogP contribution in [0.1, 0.15) is 0 Å². The van der Waals surface area contributed by atoms with Crippen LogP contribution in [0.2, 0.25) is 0 Å². The summed E-state index contributed by atoms with van der Waals surface area (Å²) in [5.41, 5.74) is 2.20. The van der Waals surface area contributed by atoms with Gasteiger partial charge < -0.3 is 29.7 Å². The second-order valence-electron chi connectivity index (χ2n) is 10.6. The predicted octanol–water partition coefficient (Wildman–Crippen LogP) is 2.04. The Hall–Kier alpha value is -3.68. The topological polar surface area (TPSA) is 106 Å². The molecule has 2 aromatic heterocycles. The molecular weight excluding hydrogens is 552 g/mol. The Morgan fingerprint density at radius 3 is 2.26 bits per heavy atom. The standard InChI is InChI=1S/C29H38N10O2S/c1-42-29-33-25(32-23-2-4-24(5-3-23)36-16-18-41-19-17-36)20-26(34-29)37-10-8-35(9-11-37)22-28(40)39-14-12-38(13-15-39)27-21-30-6-7-31-27/h2-7,20-21H,8-19,22H2,1H3,(H,32,33,34). The summed E-state index contributed by atoms with van der Waals surface area (Å²) in [5, 5.41) is 4.20. The fourth-order valence-corrected chi connectivity index (χ4v) is 5.90. The minimum atomic E-state index is 0.195. The molecule has 0 unspecified atom stereocenters. The average molecular weight is 591 g/mol. The first-order valence-corrected chi connectivity index (χ1v) is 15.8. The van der Waals surface area contributed by atoms with E-state index < -0.39 is 0 Å². The highest BCUT2D eigenvalue weighted by molar-refractivity contribution is 7.98. The Bertz CT molecular complexity index is 1310. The number of carbonyl (C=O) groups is 1. The molecule has 0 saturated carbocycles. The van der Waals surface area contributed by atoms with Gasteiger partial charge in [0, 0.05) is 95.3 Å². The van der Waals surface area contributed by atoms with Crippen molar-refractivity contribution in [1.82, 2.24) is 29.7 Å². The molecule has 222 valence electrons. The number of carbonyl (C=O) groups excluding carboxylic acids is 1. The Balaban J connectivity index is 1.01. The van der Waals surface area contributed by atoms with Crippen molar-refractivity contribution in [3.05, 3.63) is 48.9 Å². The summed E-state index contributed by atoms with van der Waals surface area (Å²) in [6.07, 6.45) is 7.16. The maximum absolute atomic E-state index is 13.1. The minimum Gasteiger partial charge on any atom is -0.378 e. The number of rotatable bonds is 8. The average Bonchev–Trinajstić information content (AvgIpc) is 3.06. The number of piperazine rings is 2. The van der Waals surface area contributed by atoms with Gasteiger partial charge >= 0.3 is 0 Å². The monoisotopic (exact) mass is 590 g/mol. The SMILES string of the molecule is CSc1nc(Nc2ccc(N3CCOCC3)cc2)cc(N2CCN(CC(=O)N3CCN(c4cnccn4)CC3)CC2)n1. The first kappa shape index (κ1) is 28.4. The van der Waals surface area contributed by atoms with Crippen molar-refractivity contribution in [2.75, 3.05) is 111 Å². The summed E-state index contributed by atoms with van der Waals surface area (Å²) in [4.78, 5) is 42.1. The molecule has 3 aromatic rings. The third-order valence-corrected chi connectivity index (χ3v) is 8.50. The fraction of sp³-hybridized carbons (Fsp3) is 0.483. The number of hydrogen-bond donors (Lipinski definition) is 1. The van der Waals surface area contributed by atoms with E-state index in [4.69, 9.17) is 14.7 Å². The number of benzene rings is 1. The Kier molecular flexibility index (Phi) is 9.16. The third-order valence-electron chi connectivity index (χ3n) is 7.95. The molecule has 12 nitrogen and oxygen atoms in total. The largest absolute Gasteiger partial charge is 0.378 e. The van der Waals surface area contributed by atoms with Crippen LogP contribution in [0, 0.1) is 0 Å². The van der Waals surface area contributed by atoms with Crippen LogP contribution in [-0.4, -0.2) is 127 Å². The Morgan fingerprint density at radius 2 is 1.57 bits per heavy atom. The van der Waals surface area contributed by atoms with E-state index in [0.717, 1.165) is 93.9 Å². The molecule has 0 bridgehead atoms. The molecule has 6 rings (SSSR count). The highest BCUT2D eigenvalue weighted by Crippen LogP contribution is 2.26.